The van der Waals surface area contributed by atoms with Gasteiger partial charge in [0.2, 0.25) is 5.96 Å². The van der Waals surface area contributed by atoms with Crippen molar-refractivity contribution in [2.45, 2.75) is 32.9 Å². The normalized spacial score (nSPS) is 11.0. The molecule has 0 atom stereocenters. The lowest BCUT2D eigenvalue weighted by Gasteiger charge is -2.26. The van der Waals surface area contributed by atoms with Crippen LogP contribution in [0.4, 0.5) is 4.79 Å². The lowest BCUT2D eigenvalue weighted by Crippen LogP contribution is -2.49. The first-order chi connectivity index (χ1) is 19.0. The zero-order valence-corrected chi connectivity index (χ0v) is 23.8. The van der Waals surface area contributed by atoms with Crippen LogP contribution in [-0.4, -0.2) is 33.4 Å². The first-order valence-electron chi connectivity index (χ1n) is 12.5. The van der Waals surface area contributed by atoms with Gasteiger partial charge >= 0.3 is 6.09 Å². The maximum atomic E-state index is 13.2. The second-order valence-electron chi connectivity index (χ2n) is 9.92. The van der Waals surface area contributed by atoms with Crippen LogP contribution in [0, 0.1) is 5.41 Å². The Labute approximate surface area is 243 Å². The lowest BCUT2D eigenvalue weighted by atomic mass is 9.95. The molecular formula is C31H28Cl2N4O3. The minimum atomic E-state index is -0.952. The van der Waals surface area contributed by atoms with Crippen molar-refractivity contribution in [2.75, 3.05) is 0 Å². The predicted molar refractivity (Wildman–Crippen MR) is 159 cm³/mol. The fraction of sp³-hybridized carbons (Fsp3) is 0.161. The molecular weight excluding hydrogens is 547 g/mol. The van der Waals surface area contributed by atoms with Crippen LogP contribution in [0.15, 0.2) is 91.1 Å². The molecule has 0 aliphatic rings. The molecule has 0 bridgehead atoms. The number of carbonyl (C=O) groups is 2. The van der Waals surface area contributed by atoms with E-state index < -0.39 is 23.6 Å². The van der Waals surface area contributed by atoms with E-state index in [1.165, 1.54) is 0 Å². The molecule has 0 radical (unpaired) electrons. The van der Waals surface area contributed by atoms with E-state index in [2.05, 4.69) is 10.3 Å². The lowest BCUT2D eigenvalue weighted by molar-refractivity contribution is 0.0344. The molecule has 0 unspecified atom stereocenters. The average molecular weight is 575 g/mol. The molecule has 4 aromatic rings. The Morgan fingerprint density at radius 1 is 0.875 bits per heavy atom. The third kappa shape index (κ3) is 7.25. The van der Waals surface area contributed by atoms with E-state index in [-0.39, 0.29) is 12.1 Å². The molecule has 0 saturated carbocycles. The largest absolute Gasteiger partial charge is 0.443 e. The van der Waals surface area contributed by atoms with Gasteiger partial charge in [-0.15, -0.1) is 0 Å². The Bertz CT molecular complexity index is 1520. The van der Waals surface area contributed by atoms with E-state index in [0.29, 0.717) is 20.6 Å². The summed E-state index contributed by atoms with van der Waals surface area (Å²) in [7, 11) is 0. The van der Waals surface area contributed by atoms with Crippen molar-refractivity contribution in [3.63, 3.8) is 0 Å². The Kier molecular flexibility index (Phi) is 8.87. The first kappa shape index (κ1) is 28.8. The SMILES string of the molecule is CC(C)(C)OC(=O)N(C(=N)NCc1cc(-c2ccc(Cl)cc2)c(-c2ccc(Cl)cc2)cn1)C(=O)c1ccccc1. The molecule has 204 valence electrons. The molecule has 0 spiro atoms. The Morgan fingerprint density at radius 3 is 1.98 bits per heavy atom. The summed E-state index contributed by atoms with van der Waals surface area (Å²) in [5.41, 5.74) is 3.59. The monoisotopic (exact) mass is 574 g/mol. The quantitative estimate of drug-likeness (QED) is 0.187. The summed E-state index contributed by atoms with van der Waals surface area (Å²) >= 11 is 12.2. The molecule has 0 aliphatic carbocycles. The van der Waals surface area contributed by atoms with Crippen molar-refractivity contribution in [3.8, 4) is 22.3 Å². The van der Waals surface area contributed by atoms with Crippen molar-refractivity contribution < 1.29 is 14.3 Å². The fourth-order valence-electron chi connectivity index (χ4n) is 3.87. The Hall–Kier alpha value is -4.20. The van der Waals surface area contributed by atoms with Crippen molar-refractivity contribution in [1.29, 1.82) is 5.41 Å². The zero-order chi connectivity index (χ0) is 28.9. The van der Waals surface area contributed by atoms with Gasteiger partial charge < -0.3 is 10.1 Å². The maximum Gasteiger partial charge on any atom is 0.424 e. The summed E-state index contributed by atoms with van der Waals surface area (Å²) in [5.74, 6) is -1.11. The van der Waals surface area contributed by atoms with Crippen molar-refractivity contribution in [1.82, 2.24) is 15.2 Å². The Balaban J connectivity index is 1.63. The third-order valence-corrected chi connectivity index (χ3v) is 6.24. The van der Waals surface area contributed by atoms with Gasteiger partial charge in [0.1, 0.15) is 5.60 Å². The molecule has 9 heteroatoms. The second-order valence-corrected chi connectivity index (χ2v) is 10.8. The van der Waals surface area contributed by atoms with Gasteiger partial charge in [-0.3, -0.25) is 15.2 Å². The molecule has 2 amide bonds. The predicted octanol–water partition coefficient (Wildman–Crippen LogP) is 7.82. The number of ether oxygens (including phenoxy) is 1. The first-order valence-corrected chi connectivity index (χ1v) is 13.2. The number of hydrogen-bond acceptors (Lipinski definition) is 5. The summed E-state index contributed by atoms with van der Waals surface area (Å²) in [6, 6.07) is 25.1. The number of hydrogen-bond donors (Lipinski definition) is 2. The van der Waals surface area contributed by atoms with Crippen LogP contribution in [-0.2, 0) is 11.3 Å². The van der Waals surface area contributed by atoms with Crippen LogP contribution in [0.1, 0.15) is 36.8 Å². The maximum absolute atomic E-state index is 13.2. The van der Waals surface area contributed by atoms with Gasteiger partial charge in [0.15, 0.2) is 0 Å². The van der Waals surface area contributed by atoms with Gasteiger partial charge in [-0.2, -0.15) is 4.90 Å². The number of imide groups is 1. The van der Waals surface area contributed by atoms with E-state index in [1.54, 1.807) is 57.3 Å². The smallest absolute Gasteiger partial charge is 0.424 e. The number of aromatic nitrogens is 1. The topological polar surface area (TPSA) is 95.4 Å². The molecule has 3 aromatic carbocycles. The van der Waals surface area contributed by atoms with Crippen LogP contribution in [0.3, 0.4) is 0 Å². The minimum Gasteiger partial charge on any atom is -0.443 e. The molecule has 0 saturated heterocycles. The number of rotatable bonds is 5. The minimum absolute atomic E-state index is 0.0711. The van der Waals surface area contributed by atoms with E-state index in [0.717, 1.165) is 22.3 Å². The van der Waals surface area contributed by atoms with Crippen LogP contribution >= 0.6 is 23.2 Å². The summed E-state index contributed by atoms with van der Waals surface area (Å²) in [5, 5.41) is 12.7. The highest BCUT2D eigenvalue weighted by molar-refractivity contribution is 6.31. The summed E-state index contributed by atoms with van der Waals surface area (Å²) < 4.78 is 5.42. The third-order valence-electron chi connectivity index (χ3n) is 5.73. The Morgan fingerprint density at radius 2 is 1.43 bits per heavy atom. The molecule has 0 aliphatic heterocycles. The number of amides is 2. The van der Waals surface area contributed by atoms with Gasteiger partial charge in [-0.25, -0.2) is 4.79 Å². The fourth-order valence-corrected chi connectivity index (χ4v) is 4.12. The van der Waals surface area contributed by atoms with E-state index in [1.807, 2.05) is 54.6 Å². The number of nitrogens with zero attached hydrogens (tertiary/aromatic N) is 2. The molecule has 4 rings (SSSR count). The summed E-state index contributed by atoms with van der Waals surface area (Å²) in [6.45, 7) is 5.15. The molecule has 2 N–H and O–H groups in total. The molecule has 0 fully saturated rings. The number of nitrogens with one attached hydrogen (secondary N) is 2. The zero-order valence-electron chi connectivity index (χ0n) is 22.2. The highest BCUT2D eigenvalue weighted by Crippen LogP contribution is 2.33. The highest BCUT2D eigenvalue weighted by atomic mass is 35.5. The van der Waals surface area contributed by atoms with Crippen molar-refractivity contribution >= 4 is 41.2 Å². The standard InChI is InChI=1S/C31H28Cl2N4O3/c1-31(2,3)40-30(39)37(28(38)22-7-5-4-6-8-22)29(34)36-18-25-17-26(20-9-13-23(32)14-10-20)27(19-35-25)21-11-15-24(33)16-12-21/h4-17,19H,18H2,1-3H3,(H2,34,36). The number of guanidine groups is 1. The molecule has 7 nitrogen and oxygen atoms in total. The van der Waals surface area contributed by atoms with E-state index in [9.17, 15) is 9.59 Å². The van der Waals surface area contributed by atoms with Crippen molar-refractivity contribution in [2.24, 2.45) is 0 Å². The van der Waals surface area contributed by atoms with Gasteiger partial charge in [0.25, 0.3) is 5.91 Å². The van der Waals surface area contributed by atoms with Crippen LogP contribution in [0.2, 0.25) is 10.0 Å². The van der Waals surface area contributed by atoms with E-state index >= 15 is 0 Å². The molecule has 1 heterocycles. The number of carbonyl (C=O) groups excluding carboxylic acids is 2. The molecule has 40 heavy (non-hydrogen) atoms. The van der Waals surface area contributed by atoms with Crippen LogP contribution < -0.4 is 5.32 Å². The van der Waals surface area contributed by atoms with Gasteiger partial charge in [-0.1, -0.05) is 65.7 Å². The summed E-state index contributed by atoms with van der Waals surface area (Å²) in [4.78, 5) is 31.5. The van der Waals surface area contributed by atoms with Gasteiger partial charge in [-0.05, 0) is 79.9 Å². The number of benzene rings is 3. The second kappa shape index (κ2) is 12.3. The van der Waals surface area contributed by atoms with Gasteiger partial charge in [0, 0.05) is 27.4 Å². The van der Waals surface area contributed by atoms with Gasteiger partial charge in [0.05, 0.1) is 12.2 Å². The number of pyridine rings is 1. The highest BCUT2D eigenvalue weighted by Gasteiger charge is 2.31. The molecule has 1 aromatic heterocycles. The average Bonchev–Trinajstić information content (AvgIpc) is 2.92. The van der Waals surface area contributed by atoms with Crippen LogP contribution in [0.25, 0.3) is 22.3 Å². The van der Waals surface area contributed by atoms with E-state index in [4.69, 9.17) is 33.3 Å². The van der Waals surface area contributed by atoms with Crippen molar-refractivity contribution in [3.05, 3.63) is 112 Å². The summed E-state index contributed by atoms with van der Waals surface area (Å²) in [6.07, 6.45) is 0.793. The number of halogens is 2. The van der Waals surface area contributed by atoms with Crippen LogP contribution in [0.5, 0.6) is 0 Å².